The number of nitrogens with two attached hydrogens (primary N) is 1. The minimum atomic E-state index is -3.88. The monoisotopic (exact) mass is 403 g/mol. The molecule has 0 fully saturated rings. The van der Waals surface area contributed by atoms with Gasteiger partial charge in [0.2, 0.25) is 5.95 Å². The number of rotatable bonds is 6. The van der Waals surface area contributed by atoms with E-state index in [0.717, 1.165) is 16.7 Å². The quantitative estimate of drug-likeness (QED) is 0.566. The second-order valence-electron chi connectivity index (χ2n) is 5.89. The zero-order valence-electron chi connectivity index (χ0n) is 15.1. The Morgan fingerprint density at radius 3 is 2.61 bits per heavy atom. The molecule has 3 aromatic heterocycles. The molecule has 0 bridgehead atoms. The van der Waals surface area contributed by atoms with Gasteiger partial charge in [-0.2, -0.15) is 8.42 Å². The molecule has 0 radical (unpaired) electrons. The van der Waals surface area contributed by atoms with Crippen LogP contribution in [0.1, 0.15) is 16.7 Å². The Balaban J connectivity index is 1.96. The van der Waals surface area contributed by atoms with Gasteiger partial charge < -0.3 is 5.73 Å². The summed E-state index contributed by atoms with van der Waals surface area (Å²) in [6, 6.07) is 3.20. The molecule has 0 aromatic carbocycles. The topological polar surface area (TPSA) is 136 Å². The Kier molecular flexibility index (Phi) is 5.47. The summed E-state index contributed by atoms with van der Waals surface area (Å²) in [4.78, 5) is 16.0. The van der Waals surface area contributed by atoms with Gasteiger partial charge in [-0.1, -0.05) is 0 Å². The summed E-state index contributed by atoms with van der Waals surface area (Å²) in [7, 11) is -2.67. The van der Waals surface area contributed by atoms with Gasteiger partial charge in [-0.3, -0.25) is 9.71 Å². The van der Waals surface area contributed by atoms with Crippen LogP contribution in [0.5, 0.6) is 0 Å². The van der Waals surface area contributed by atoms with Crippen molar-refractivity contribution in [1.29, 1.82) is 0 Å². The normalized spacial score (nSPS) is 11.4. The molecule has 146 valence electrons. The van der Waals surface area contributed by atoms with Crippen molar-refractivity contribution >= 4 is 22.0 Å². The van der Waals surface area contributed by atoms with Gasteiger partial charge in [0.05, 0.1) is 5.69 Å². The standard InChI is InChI=1S/C17H18FN7O2S/c1-10-12(8-21-9-13(10)14-4-6-23-17(19)24-14)7-11-3-5-22-16(15(11)18)25-28(26,27)20-2/h3-6,8-9,20H,7H2,1-2H3,(H,22,25)(H2,19,23,24). The lowest BCUT2D eigenvalue weighted by atomic mass is 9.98. The number of nitrogen functional groups attached to an aromatic ring is 1. The van der Waals surface area contributed by atoms with Crippen molar-refractivity contribution in [1.82, 2.24) is 24.7 Å². The van der Waals surface area contributed by atoms with Crippen molar-refractivity contribution in [3.05, 3.63) is 59.4 Å². The van der Waals surface area contributed by atoms with Crippen LogP contribution in [0.2, 0.25) is 0 Å². The molecule has 9 nitrogen and oxygen atoms in total. The van der Waals surface area contributed by atoms with E-state index in [1.807, 2.05) is 16.4 Å². The van der Waals surface area contributed by atoms with Gasteiger partial charge in [-0.15, -0.1) is 0 Å². The predicted molar refractivity (Wildman–Crippen MR) is 103 cm³/mol. The Hall–Kier alpha value is -3.18. The van der Waals surface area contributed by atoms with E-state index < -0.39 is 16.0 Å². The molecule has 0 spiro atoms. The number of hydrogen-bond acceptors (Lipinski definition) is 7. The van der Waals surface area contributed by atoms with Crippen LogP contribution < -0.4 is 15.2 Å². The molecule has 0 aliphatic rings. The average molecular weight is 403 g/mol. The van der Waals surface area contributed by atoms with Crippen molar-refractivity contribution in [2.24, 2.45) is 0 Å². The maximum Gasteiger partial charge on any atom is 0.300 e. The maximum absolute atomic E-state index is 14.8. The number of anilines is 2. The van der Waals surface area contributed by atoms with Crippen molar-refractivity contribution in [3.63, 3.8) is 0 Å². The molecule has 0 amide bonds. The highest BCUT2D eigenvalue weighted by atomic mass is 32.2. The molecule has 0 aliphatic heterocycles. The number of hydrogen-bond donors (Lipinski definition) is 3. The highest BCUT2D eigenvalue weighted by Gasteiger charge is 2.17. The van der Waals surface area contributed by atoms with Crippen LogP contribution in [0.4, 0.5) is 16.2 Å². The van der Waals surface area contributed by atoms with E-state index in [1.165, 1.54) is 19.3 Å². The molecule has 4 N–H and O–H groups in total. The molecule has 3 aromatic rings. The van der Waals surface area contributed by atoms with Crippen molar-refractivity contribution in [2.75, 3.05) is 17.5 Å². The van der Waals surface area contributed by atoms with E-state index in [1.54, 1.807) is 24.7 Å². The van der Waals surface area contributed by atoms with Crippen LogP contribution >= 0.6 is 0 Å². The first-order valence-corrected chi connectivity index (χ1v) is 9.66. The molecule has 0 saturated carbocycles. The van der Waals surface area contributed by atoms with Crippen LogP contribution in [0.15, 0.2) is 36.9 Å². The van der Waals surface area contributed by atoms with E-state index >= 15 is 0 Å². The van der Waals surface area contributed by atoms with Crippen LogP contribution in [-0.2, 0) is 16.6 Å². The molecule has 11 heteroatoms. The van der Waals surface area contributed by atoms with Crippen molar-refractivity contribution in [2.45, 2.75) is 13.3 Å². The van der Waals surface area contributed by atoms with Gasteiger partial charge in [0, 0.05) is 43.8 Å². The van der Waals surface area contributed by atoms with Crippen LogP contribution in [-0.4, -0.2) is 35.4 Å². The lowest BCUT2D eigenvalue weighted by molar-refractivity contribution is 0.589. The fourth-order valence-electron chi connectivity index (χ4n) is 2.60. The Labute approximate surface area is 161 Å². The van der Waals surface area contributed by atoms with Gasteiger partial charge in [0.1, 0.15) is 0 Å². The second kappa shape index (κ2) is 7.82. The average Bonchev–Trinajstić information content (AvgIpc) is 2.66. The zero-order valence-corrected chi connectivity index (χ0v) is 16.0. The summed E-state index contributed by atoms with van der Waals surface area (Å²) in [5.41, 5.74) is 8.87. The summed E-state index contributed by atoms with van der Waals surface area (Å²) in [6.45, 7) is 1.87. The molecule has 0 aliphatic carbocycles. The van der Waals surface area contributed by atoms with E-state index in [0.29, 0.717) is 5.69 Å². The third kappa shape index (κ3) is 4.21. The first-order chi connectivity index (χ1) is 13.3. The minimum Gasteiger partial charge on any atom is -0.368 e. The first-order valence-electron chi connectivity index (χ1n) is 8.17. The van der Waals surface area contributed by atoms with E-state index in [4.69, 9.17) is 5.73 Å². The third-order valence-electron chi connectivity index (χ3n) is 4.12. The molecule has 3 heterocycles. The van der Waals surface area contributed by atoms with E-state index in [-0.39, 0.29) is 23.8 Å². The van der Waals surface area contributed by atoms with Gasteiger partial charge in [-0.25, -0.2) is 24.1 Å². The largest absolute Gasteiger partial charge is 0.368 e. The zero-order chi connectivity index (χ0) is 20.3. The lowest BCUT2D eigenvalue weighted by Crippen LogP contribution is -2.27. The van der Waals surface area contributed by atoms with Crippen molar-refractivity contribution in [3.8, 4) is 11.3 Å². The minimum absolute atomic E-state index is 0.143. The van der Waals surface area contributed by atoms with Crippen LogP contribution in [0, 0.1) is 12.7 Å². The van der Waals surface area contributed by atoms with Gasteiger partial charge in [-0.05, 0) is 35.7 Å². The summed E-state index contributed by atoms with van der Waals surface area (Å²) in [6.07, 6.45) is 6.35. The first kappa shape index (κ1) is 19.6. The smallest absolute Gasteiger partial charge is 0.300 e. The number of aromatic nitrogens is 4. The Morgan fingerprint density at radius 1 is 1.14 bits per heavy atom. The maximum atomic E-state index is 14.8. The van der Waals surface area contributed by atoms with Crippen LogP contribution in [0.25, 0.3) is 11.3 Å². The summed E-state index contributed by atoms with van der Waals surface area (Å²) >= 11 is 0. The third-order valence-corrected chi connectivity index (χ3v) is 5.12. The van der Waals surface area contributed by atoms with E-state index in [9.17, 15) is 12.8 Å². The van der Waals surface area contributed by atoms with Gasteiger partial charge in [0.25, 0.3) is 10.2 Å². The molecular formula is C17H18FN7O2S. The summed E-state index contributed by atoms with van der Waals surface area (Å²) < 4.78 is 42.1. The van der Waals surface area contributed by atoms with Crippen LogP contribution in [0.3, 0.4) is 0 Å². The lowest BCUT2D eigenvalue weighted by Gasteiger charge is -2.13. The van der Waals surface area contributed by atoms with Gasteiger partial charge >= 0.3 is 0 Å². The summed E-state index contributed by atoms with van der Waals surface area (Å²) in [5.74, 6) is -0.987. The molecular weight excluding hydrogens is 385 g/mol. The number of halogens is 1. The van der Waals surface area contributed by atoms with E-state index in [2.05, 4.69) is 19.9 Å². The van der Waals surface area contributed by atoms with Crippen molar-refractivity contribution < 1.29 is 12.8 Å². The molecule has 3 rings (SSSR count). The fourth-order valence-corrected chi connectivity index (χ4v) is 3.10. The second-order valence-corrected chi connectivity index (χ2v) is 7.51. The SMILES string of the molecule is CNS(=O)(=O)Nc1nccc(Cc2cncc(-c3ccnc(N)n3)c2C)c1F. The molecule has 0 unspecified atom stereocenters. The summed E-state index contributed by atoms with van der Waals surface area (Å²) in [5, 5.41) is 0. The highest BCUT2D eigenvalue weighted by molar-refractivity contribution is 7.90. The number of nitrogens with zero attached hydrogens (tertiary/aromatic N) is 4. The number of pyridine rings is 2. The van der Waals surface area contributed by atoms with Gasteiger partial charge in [0.15, 0.2) is 11.6 Å². The molecule has 0 saturated heterocycles. The fraction of sp³-hybridized carbons (Fsp3) is 0.176. The molecule has 28 heavy (non-hydrogen) atoms. The molecule has 0 atom stereocenters. The number of nitrogens with one attached hydrogen (secondary N) is 2. The Bertz CT molecular complexity index is 1120. The Morgan fingerprint density at radius 2 is 1.89 bits per heavy atom. The predicted octanol–water partition coefficient (Wildman–Crippen LogP) is 1.43. The highest BCUT2D eigenvalue weighted by Crippen LogP contribution is 2.26.